The van der Waals surface area contributed by atoms with Crippen LogP contribution in [0.1, 0.15) is 6.42 Å². The molecular formula is C30H49FeN8O5P3+2. The molecule has 1 spiro atoms. The van der Waals surface area contributed by atoms with E-state index in [1.165, 1.54) is 5.92 Å². The zero-order valence-electron chi connectivity index (χ0n) is 27.2. The smallest absolute Gasteiger partial charge is 0.379 e. The second-order valence-corrected chi connectivity index (χ2v) is 20.4. The van der Waals surface area contributed by atoms with Crippen molar-refractivity contribution in [2.75, 3.05) is 125 Å². The molecule has 0 amide bonds. The van der Waals surface area contributed by atoms with Crippen LogP contribution in [0, 0.1) is 63.7 Å². The summed E-state index contributed by atoms with van der Waals surface area (Å²) in [6.07, 6.45) is 19.6. The van der Waals surface area contributed by atoms with E-state index in [-0.39, 0.29) is 17.1 Å². The number of rotatable bonds is 6. The van der Waals surface area contributed by atoms with Crippen LogP contribution in [-0.2, 0) is 40.5 Å². The second kappa shape index (κ2) is 18.0. The molecule has 6 heterocycles. The van der Waals surface area contributed by atoms with Crippen molar-refractivity contribution in [2.24, 2.45) is 13.5 Å². The molecule has 8 aliphatic rings. The van der Waals surface area contributed by atoms with E-state index >= 15 is 0 Å². The summed E-state index contributed by atoms with van der Waals surface area (Å²) in [6.45, 7) is 14.4. The molecule has 5 saturated heterocycles. The maximum absolute atomic E-state index is 7.01. The van der Waals surface area contributed by atoms with E-state index in [1.807, 2.05) is 32.1 Å². The third kappa shape index (κ3) is 8.56. The predicted octanol–water partition coefficient (Wildman–Crippen LogP) is 4.31. The van der Waals surface area contributed by atoms with Crippen LogP contribution >= 0.6 is 22.6 Å². The minimum Gasteiger partial charge on any atom is -0.379 e. The Hall–Kier alpha value is 0.809. The largest absolute Gasteiger partial charge is 2.00 e. The molecule has 8 rings (SSSR count). The average molecular weight is 751 g/mol. The van der Waals surface area contributed by atoms with Gasteiger partial charge in [-0.3, -0.25) is 0 Å². The van der Waals surface area contributed by atoms with Gasteiger partial charge in [-0.25, -0.2) is 23.4 Å². The van der Waals surface area contributed by atoms with Gasteiger partial charge in [-0.2, -0.15) is 13.5 Å². The van der Waals surface area contributed by atoms with Crippen molar-refractivity contribution < 1.29 is 40.5 Å². The van der Waals surface area contributed by atoms with Gasteiger partial charge in [-0.1, -0.05) is 0 Å². The van der Waals surface area contributed by atoms with Gasteiger partial charge < -0.3 is 23.5 Å². The summed E-state index contributed by atoms with van der Waals surface area (Å²) in [7, 11) is -8.04. The van der Waals surface area contributed by atoms with E-state index in [9.17, 15) is 0 Å². The Morgan fingerprint density at radius 1 is 0.489 bits per heavy atom. The molecule has 7 fully saturated rings. The number of hydrogen-bond donors (Lipinski definition) is 0. The van der Waals surface area contributed by atoms with Gasteiger partial charge in [-0.15, -0.1) is 0 Å². The monoisotopic (exact) mass is 750 g/mol. The standard InChI is InChI=1S/C25H44N8O5P3.C5H5.Fe/c1-2-5-25(4-1)24-33-6-3-15-38-41(33)27-39(29-7-16-34-17-8-29,30-9-18-35-19-10-30)26-40(28-41,31-11-20-36-21-12-31)32-13-22-37-23-14-32;1-2-4-5-3-1;/h1-2,4-5H,3,6-24H2;1-5H;/q;;+2. The molecule has 260 valence electrons. The third-order valence-electron chi connectivity index (χ3n) is 9.03. The van der Waals surface area contributed by atoms with Crippen molar-refractivity contribution >= 4 is 22.6 Å². The van der Waals surface area contributed by atoms with Crippen molar-refractivity contribution in [2.45, 2.75) is 6.42 Å². The Morgan fingerprint density at radius 3 is 1.32 bits per heavy atom. The maximum Gasteiger partial charge on any atom is 2.00 e. The summed E-state index contributed by atoms with van der Waals surface area (Å²) >= 11 is 0. The quantitative estimate of drug-likeness (QED) is 0.289. The zero-order chi connectivity index (χ0) is 31.1. The van der Waals surface area contributed by atoms with Gasteiger partial charge in [0.15, 0.2) is 0 Å². The van der Waals surface area contributed by atoms with Gasteiger partial charge in [0.05, 0.1) is 59.5 Å². The molecule has 0 bridgehead atoms. The molecule has 17 heteroatoms. The number of nitrogens with zero attached hydrogens (tertiary/aromatic N) is 8. The Kier molecular flexibility index (Phi) is 14.4. The molecule has 13 nitrogen and oxygen atoms in total. The first kappa shape index (κ1) is 37.6. The van der Waals surface area contributed by atoms with E-state index in [4.69, 9.17) is 37.0 Å². The van der Waals surface area contributed by atoms with Crippen LogP contribution in [0.3, 0.4) is 0 Å². The Morgan fingerprint density at radius 2 is 0.894 bits per heavy atom. The first-order valence-corrected chi connectivity index (χ1v) is 21.5. The van der Waals surface area contributed by atoms with Gasteiger partial charge in [0, 0.05) is 65.4 Å². The van der Waals surface area contributed by atoms with Crippen LogP contribution in [-0.4, -0.2) is 148 Å². The third-order valence-corrected chi connectivity index (χ3v) is 21.0. The van der Waals surface area contributed by atoms with Gasteiger partial charge >= 0.3 is 17.1 Å². The molecule has 1 atom stereocenters. The first-order valence-electron chi connectivity index (χ1n) is 16.7. The Bertz CT molecular complexity index is 1060. The molecule has 0 aromatic carbocycles. The van der Waals surface area contributed by atoms with Gasteiger partial charge in [0.2, 0.25) is 15.0 Å². The van der Waals surface area contributed by atoms with E-state index in [2.05, 4.69) is 49.0 Å². The molecule has 2 saturated carbocycles. The molecule has 47 heavy (non-hydrogen) atoms. The van der Waals surface area contributed by atoms with Crippen molar-refractivity contribution in [3.05, 3.63) is 63.7 Å². The molecule has 2 aliphatic carbocycles. The summed E-state index contributed by atoms with van der Waals surface area (Å²) in [6, 6.07) is 0. The molecule has 6 aliphatic heterocycles. The van der Waals surface area contributed by atoms with Crippen molar-refractivity contribution in [3.8, 4) is 0 Å². The maximum atomic E-state index is 7.01. The summed E-state index contributed by atoms with van der Waals surface area (Å²) < 4.78 is 61.3. The Balaban J connectivity index is 0.000000591. The van der Waals surface area contributed by atoms with Gasteiger partial charge in [0.1, 0.15) is 0 Å². The van der Waals surface area contributed by atoms with Crippen LogP contribution in [0.25, 0.3) is 0 Å². The number of ether oxygens (including phenoxy) is 4. The molecule has 10 radical (unpaired) electrons. The fraction of sp³-hybridized carbons (Fsp3) is 0.667. The molecule has 0 N–H and O–H groups in total. The minimum absolute atomic E-state index is 0. The SMILES string of the molecule is [CH]1[CH][CH][CH][CH]1.[CH]1[CH][CH][C](CN2CCCOP23=NP(N2CCOCC2)(N2CCOCC2)=NP(N2CCOCC2)(N2CCOCC2)=N3)[CH]1.[Fe+2]. The fourth-order valence-electron chi connectivity index (χ4n) is 6.66. The minimum atomic E-state index is -2.79. The summed E-state index contributed by atoms with van der Waals surface area (Å²) in [5.41, 5.74) is 0. The molecule has 0 aromatic rings. The van der Waals surface area contributed by atoms with Gasteiger partial charge in [-0.05, 0) is 70.1 Å². The summed E-state index contributed by atoms with van der Waals surface area (Å²) in [5, 5.41) is 0. The molecule has 0 aromatic heterocycles. The Labute approximate surface area is 294 Å². The zero-order valence-corrected chi connectivity index (χ0v) is 30.9. The normalized spacial score (nSPS) is 33.2. The summed E-state index contributed by atoms with van der Waals surface area (Å²) in [5.74, 6) is 1.28. The van der Waals surface area contributed by atoms with Crippen molar-refractivity contribution in [1.29, 1.82) is 0 Å². The predicted molar refractivity (Wildman–Crippen MR) is 182 cm³/mol. The topological polar surface area (TPSA) is 99.4 Å². The van der Waals surface area contributed by atoms with Crippen molar-refractivity contribution in [1.82, 2.24) is 23.4 Å². The van der Waals surface area contributed by atoms with E-state index in [0.29, 0.717) is 59.5 Å². The van der Waals surface area contributed by atoms with Crippen LogP contribution in [0.15, 0.2) is 13.5 Å². The first-order chi connectivity index (χ1) is 22.7. The van der Waals surface area contributed by atoms with Crippen LogP contribution in [0.4, 0.5) is 0 Å². The summed E-state index contributed by atoms with van der Waals surface area (Å²) in [4.78, 5) is 0. The van der Waals surface area contributed by atoms with E-state index < -0.39 is 22.6 Å². The van der Waals surface area contributed by atoms with Gasteiger partial charge in [0.25, 0.3) is 7.58 Å². The molecule has 1 unspecified atom stereocenters. The van der Waals surface area contributed by atoms with E-state index in [0.717, 1.165) is 71.9 Å². The van der Waals surface area contributed by atoms with Crippen LogP contribution in [0.5, 0.6) is 0 Å². The van der Waals surface area contributed by atoms with Crippen LogP contribution in [0.2, 0.25) is 0 Å². The van der Waals surface area contributed by atoms with Crippen molar-refractivity contribution in [3.63, 3.8) is 0 Å². The average Bonchev–Trinajstić information content (AvgIpc) is 3.89. The van der Waals surface area contributed by atoms with Crippen LogP contribution < -0.4 is 0 Å². The fourth-order valence-corrected chi connectivity index (χ4v) is 21.6. The number of hydrogen-bond acceptors (Lipinski definition) is 13. The molecular weight excluding hydrogens is 701 g/mol. The van der Waals surface area contributed by atoms with E-state index in [1.54, 1.807) is 0 Å². The number of morpholine rings is 4. The second-order valence-electron chi connectivity index (χ2n) is 11.9.